The normalized spacial score (nSPS) is 15.3. The summed E-state index contributed by atoms with van der Waals surface area (Å²) in [5.74, 6) is 1.32. The smallest absolute Gasteiger partial charge is 0.223 e. The maximum absolute atomic E-state index is 9.64. The van der Waals surface area contributed by atoms with Gasteiger partial charge in [0.15, 0.2) is 5.82 Å². The fourth-order valence-corrected chi connectivity index (χ4v) is 3.80. The molecular formula is C20H22N6O. The molecule has 27 heavy (non-hydrogen) atoms. The van der Waals surface area contributed by atoms with Crippen molar-refractivity contribution in [2.75, 3.05) is 31.1 Å². The largest absolute Gasteiger partial charge is 0.367 e. The van der Waals surface area contributed by atoms with Gasteiger partial charge in [0.25, 0.3) is 0 Å². The first-order valence-electron chi connectivity index (χ1n) is 9.11. The standard InChI is InChI=1S/C20H22N6O/c1-13-8-14(2)19-17(9-13)20(16(10-21)11-22-19)26-6-4-25(5-7-26)12-18-23-15(3)27-24-18/h8-9,11H,4-7,12H2,1-3H3. The van der Waals surface area contributed by atoms with E-state index in [9.17, 15) is 5.26 Å². The lowest BCUT2D eigenvalue weighted by atomic mass is 10.0. The van der Waals surface area contributed by atoms with E-state index in [1.54, 1.807) is 13.1 Å². The Hall–Kier alpha value is -2.98. The molecule has 1 saturated heterocycles. The van der Waals surface area contributed by atoms with Gasteiger partial charge < -0.3 is 9.42 Å². The number of nitriles is 1. The fraction of sp³-hybridized carbons (Fsp3) is 0.400. The van der Waals surface area contributed by atoms with Gasteiger partial charge in [0.05, 0.1) is 23.3 Å². The van der Waals surface area contributed by atoms with Gasteiger partial charge in [-0.2, -0.15) is 10.2 Å². The van der Waals surface area contributed by atoms with Gasteiger partial charge in [-0.3, -0.25) is 9.88 Å². The van der Waals surface area contributed by atoms with Crippen LogP contribution in [-0.2, 0) is 6.54 Å². The maximum Gasteiger partial charge on any atom is 0.223 e. The molecule has 7 nitrogen and oxygen atoms in total. The first kappa shape index (κ1) is 17.4. The Balaban J connectivity index is 1.61. The van der Waals surface area contributed by atoms with E-state index in [1.807, 2.05) is 0 Å². The van der Waals surface area contributed by atoms with Crippen LogP contribution in [0.3, 0.4) is 0 Å². The van der Waals surface area contributed by atoms with Crippen molar-refractivity contribution in [1.29, 1.82) is 5.26 Å². The molecule has 0 amide bonds. The van der Waals surface area contributed by atoms with Crippen LogP contribution in [0.1, 0.15) is 28.4 Å². The van der Waals surface area contributed by atoms with Crippen LogP contribution in [0.2, 0.25) is 0 Å². The van der Waals surface area contributed by atoms with Crippen molar-refractivity contribution < 1.29 is 4.52 Å². The third-order valence-corrected chi connectivity index (χ3v) is 5.02. The monoisotopic (exact) mass is 362 g/mol. The van der Waals surface area contributed by atoms with Crippen molar-refractivity contribution in [3.05, 3.63) is 46.7 Å². The van der Waals surface area contributed by atoms with Crippen LogP contribution in [0, 0.1) is 32.1 Å². The number of piperazine rings is 1. The molecule has 0 bridgehead atoms. The third-order valence-electron chi connectivity index (χ3n) is 5.02. The summed E-state index contributed by atoms with van der Waals surface area (Å²) in [6.07, 6.45) is 1.70. The van der Waals surface area contributed by atoms with Gasteiger partial charge in [0, 0.05) is 44.7 Å². The number of pyridine rings is 1. The van der Waals surface area contributed by atoms with Gasteiger partial charge in [-0.05, 0) is 25.5 Å². The summed E-state index contributed by atoms with van der Waals surface area (Å²) < 4.78 is 5.06. The van der Waals surface area contributed by atoms with Crippen LogP contribution in [-0.4, -0.2) is 46.2 Å². The van der Waals surface area contributed by atoms with Crippen molar-refractivity contribution in [3.8, 4) is 6.07 Å². The first-order chi connectivity index (χ1) is 13.0. The van der Waals surface area contributed by atoms with Gasteiger partial charge in [-0.1, -0.05) is 16.8 Å². The summed E-state index contributed by atoms with van der Waals surface area (Å²) in [4.78, 5) is 13.4. The summed E-state index contributed by atoms with van der Waals surface area (Å²) in [5, 5.41) is 14.7. The molecule has 1 aliphatic heterocycles. The van der Waals surface area contributed by atoms with Gasteiger partial charge in [0.2, 0.25) is 5.89 Å². The molecule has 1 aliphatic rings. The molecule has 0 saturated carbocycles. The Morgan fingerprint density at radius 3 is 2.59 bits per heavy atom. The van der Waals surface area contributed by atoms with E-state index >= 15 is 0 Å². The Kier molecular flexibility index (Phi) is 4.50. The molecule has 0 spiro atoms. The van der Waals surface area contributed by atoms with E-state index in [2.05, 4.69) is 57.0 Å². The molecule has 0 unspecified atom stereocenters. The van der Waals surface area contributed by atoms with E-state index < -0.39 is 0 Å². The van der Waals surface area contributed by atoms with E-state index in [0.29, 0.717) is 18.0 Å². The molecule has 3 heterocycles. The average molecular weight is 362 g/mol. The number of anilines is 1. The zero-order chi connectivity index (χ0) is 19.0. The van der Waals surface area contributed by atoms with E-state index in [4.69, 9.17) is 4.52 Å². The molecule has 0 atom stereocenters. The number of hydrogen-bond acceptors (Lipinski definition) is 7. The minimum absolute atomic E-state index is 0.594. The molecule has 7 heteroatoms. The minimum atomic E-state index is 0.594. The van der Waals surface area contributed by atoms with Crippen LogP contribution < -0.4 is 4.90 Å². The average Bonchev–Trinajstić information content (AvgIpc) is 3.06. The Labute approximate surface area is 158 Å². The third kappa shape index (κ3) is 3.36. The van der Waals surface area contributed by atoms with Crippen molar-refractivity contribution in [2.45, 2.75) is 27.3 Å². The van der Waals surface area contributed by atoms with Crippen molar-refractivity contribution >= 4 is 16.6 Å². The second kappa shape index (κ2) is 6.97. The highest BCUT2D eigenvalue weighted by molar-refractivity contribution is 5.96. The number of aromatic nitrogens is 3. The molecule has 4 rings (SSSR count). The quantitative estimate of drug-likeness (QED) is 0.708. The van der Waals surface area contributed by atoms with Crippen LogP contribution in [0.25, 0.3) is 10.9 Å². The Morgan fingerprint density at radius 1 is 1.15 bits per heavy atom. The van der Waals surface area contributed by atoms with Crippen LogP contribution in [0.5, 0.6) is 0 Å². The zero-order valence-electron chi connectivity index (χ0n) is 15.9. The van der Waals surface area contributed by atoms with Crippen LogP contribution >= 0.6 is 0 Å². The Morgan fingerprint density at radius 2 is 1.93 bits per heavy atom. The molecule has 2 aromatic heterocycles. The molecule has 138 valence electrons. The number of aryl methyl sites for hydroxylation is 3. The number of fused-ring (bicyclic) bond motifs is 1. The molecule has 0 aliphatic carbocycles. The summed E-state index contributed by atoms with van der Waals surface area (Å²) in [6, 6.07) is 6.60. The van der Waals surface area contributed by atoms with Gasteiger partial charge in [-0.25, -0.2) is 0 Å². The topological polar surface area (TPSA) is 82.1 Å². The van der Waals surface area contributed by atoms with Crippen molar-refractivity contribution in [1.82, 2.24) is 20.0 Å². The summed E-state index contributed by atoms with van der Waals surface area (Å²) in [7, 11) is 0. The molecule has 0 radical (unpaired) electrons. The second-order valence-corrected chi connectivity index (χ2v) is 7.10. The Bertz CT molecular complexity index is 1030. The minimum Gasteiger partial charge on any atom is -0.367 e. The number of hydrogen-bond donors (Lipinski definition) is 0. The molecule has 1 fully saturated rings. The van der Waals surface area contributed by atoms with Gasteiger partial charge >= 0.3 is 0 Å². The van der Waals surface area contributed by atoms with Gasteiger partial charge in [-0.15, -0.1) is 0 Å². The van der Waals surface area contributed by atoms with Crippen molar-refractivity contribution in [3.63, 3.8) is 0 Å². The lowest BCUT2D eigenvalue weighted by molar-refractivity contribution is 0.240. The molecule has 3 aromatic rings. The summed E-state index contributed by atoms with van der Waals surface area (Å²) >= 11 is 0. The lowest BCUT2D eigenvalue weighted by Gasteiger charge is -2.36. The first-order valence-corrected chi connectivity index (χ1v) is 9.11. The predicted octanol–water partition coefficient (Wildman–Crippen LogP) is 2.74. The fourth-order valence-electron chi connectivity index (χ4n) is 3.80. The highest BCUT2D eigenvalue weighted by Gasteiger charge is 2.23. The van der Waals surface area contributed by atoms with Crippen LogP contribution in [0.15, 0.2) is 22.9 Å². The van der Waals surface area contributed by atoms with E-state index in [-0.39, 0.29) is 0 Å². The lowest BCUT2D eigenvalue weighted by Crippen LogP contribution is -2.46. The highest BCUT2D eigenvalue weighted by Crippen LogP contribution is 2.32. The summed E-state index contributed by atoms with van der Waals surface area (Å²) in [5.41, 5.74) is 4.93. The highest BCUT2D eigenvalue weighted by atomic mass is 16.5. The van der Waals surface area contributed by atoms with Crippen molar-refractivity contribution in [2.24, 2.45) is 0 Å². The van der Waals surface area contributed by atoms with Crippen LogP contribution in [0.4, 0.5) is 5.69 Å². The number of rotatable bonds is 3. The molecular weight excluding hydrogens is 340 g/mol. The second-order valence-electron chi connectivity index (χ2n) is 7.10. The van der Waals surface area contributed by atoms with E-state index in [0.717, 1.165) is 54.2 Å². The van der Waals surface area contributed by atoms with E-state index in [1.165, 1.54) is 5.56 Å². The predicted molar refractivity (Wildman–Crippen MR) is 102 cm³/mol. The maximum atomic E-state index is 9.64. The zero-order valence-corrected chi connectivity index (χ0v) is 15.9. The molecule has 1 aromatic carbocycles. The number of benzene rings is 1. The summed E-state index contributed by atoms with van der Waals surface area (Å²) in [6.45, 7) is 10.1. The molecule has 0 N–H and O–H groups in total. The number of nitrogens with zero attached hydrogens (tertiary/aromatic N) is 6. The SMILES string of the molecule is Cc1cc(C)c2ncc(C#N)c(N3CCN(Cc4noc(C)n4)CC3)c2c1. The van der Waals surface area contributed by atoms with Gasteiger partial charge in [0.1, 0.15) is 6.07 Å².